The van der Waals surface area contributed by atoms with Crippen molar-refractivity contribution in [2.45, 2.75) is 13.8 Å². The minimum absolute atomic E-state index is 0.661. The van der Waals surface area contributed by atoms with Gasteiger partial charge >= 0.3 is 0 Å². The second-order valence-corrected chi connectivity index (χ2v) is 5.42. The van der Waals surface area contributed by atoms with Crippen molar-refractivity contribution in [1.82, 2.24) is 9.97 Å². The number of anilines is 4. The number of rotatable bonds is 7. The lowest BCUT2D eigenvalue weighted by molar-refractivity contribution is 0.340. The Bertz CT molecular complexity index is 790. The largest absolute Gasteiger partial charge is 0.494 e. The monoisotopic (exact) mass is 334 g/mol. The summed E-state index contributed by atoms with van der Waals surface area (Å²) in [7, 11) is 0. The van der Waals surface area contributed by atoms with Crippen molar-refractivity contribution < 1.29 is 4.74 Å². The number of hydrogen-bond acceptors (Lipinski definition) is 5. The summed E-state index contributed by atoms with van der Waals surface area (Å²) in [6.07, 6.45) is 1.58. The topological polar surface area (TPSA) is 50.3 Å². The molecule has 3 rings (SSSR count). The van der Waals surface area contributed by atoms with Crippen LogP contribution in [-0.4, -0.2) is 23.1 Å². The summed E-state index contributed by atoms with van der Waals surface area (Å²) in [5.74, 6) is 2.47. The predicted octanol–water partition coefficient (Wildman–Crippen LogP) is 4.78. The Morgan fingerprint density at radius 1 is 0.960 bits per heavy atom. The van der Waals surface area contributed by atoms with E-state index in [9.17, 15) is 0 Å². The lowest BCUT2D eigenvalue weighted by atomic mass is 10.2. The lowest BCUT2D eigenvalue weighted by Gasteiger charge is -2.22. The molecular weight excluding hydrogens is 312 g/mol. The molecule has 1 N–H and O–H groups in total. The van der Waals surface area contributed by atoms with Crippen LogP contribution < -0.4 is 15.0 Å². The van der Waals surface area contributed by atoms with Crippen LogP contribution in [0, 0.1) is 0 Å². The summed E-state index contributed by atoms with van der Waals surface area (Å²) in [4.78, 5) is 10.9. The lowest BCUT2D eigenvalue weighted by Crippen LogP contribution is -2.17. The highest BCUT2D eigenvalue weighted by Gasteiger charge is 2.09. The average Bonchev–Trinajstić information content (AvgIpc) is 2.66. The van der Waals surface area contributed by atoms with Crippen LogP contribution in [0.15, 0.2) is 67.0 Å². The first kappa shape index (κ1) is 16.8. The van der Waals surface area contributed by atoms with Gasteiger partial charge in [0.05, 0.1) is 6.61 Å². The molecule has 128 valence electrons. The number of nitrogens with zero attached hydrogens (tertiary/aromatic N) is 3. The highest BCUT2D eigenvalue weighted by molar-refractivity contribution is 5.65. The smallest absolute Gasteiger partial charge is 0.138 e. The summed E-state index contributed by atoms with van der Waals surface area (Å²) in [6, 6.07) is 20.0. The molecule has 0 aliphatic heterocycles. The summed E-state index contributed by atoms with van der Waals surface area (Å²) in [5.41, 5.74) is 2.06. The molecule has 0 aliphatic rings. The predicted molar refractivity (Wildman–Crippen MR) is 102 cm³/mol. The normalized spacial score (nSPS) is 10.3. The molecule has 3 aromatic rings. The maximum Gasteiger partial charge on any atom is 0.138 e. The van der Waals surface area contributed by atoms with Crippen LogP contribution in [-0.2, 0) is 0 Å². The molecule has 0 saturated heterocycles. The fourth-order valence-electron chi connectivity index (χ4n) is 2.60. The maximum atomic E-state index is 5.47. The molecule has 1 aromatic heterocycles. The van der Waals surface area contributed by atoms with E-state index in [-0.39, 0.29) is 0 Å². The van der Waals surface area contributed by atoms with E-state index in [0.717, 1.165) is 35.3 Å². The quantitative estimate of drug-likeness (QED) is 0.674. The summed E-state index contributed by atoms with van der Waals surface area (Å²) < 4.78 is 5.47. The van der Waals surface area contributed by atoms with E-state index in [0.29, 0.717) is 6.61 Å². The van der Waals surface area contributed by atoms with Gasteiger partial charge in [0, 0.05) is 24.0 Å². The molecule has 0 bridgehead atoms. The first-order chi connectivity index (χ1) is 12.3. The van der Waals surface area contributed by atoms with E-state index in [4.69, 9.17) is 4.74 Å². The number of hydrogen-bond donors (Lipinski definition) is 1. The van der Waals surface area contributed by atoms with Crippen molar-refractivity contribution in [3.8, 4) is 5.75 Å². The van der Waals surface area contributed by atoms with Gasteiger partial charge in [0.2, 0.25) is 0 Å². The van der Waals surface area contributed by atoms with Gasteiger partial charge in [-0.1, -0.05) is 18.2 Å². The van der Waals surface area contributed by atoms with Crippen molar-refractivity contribution >= 4 is 23.0 Å². The first-order valence-corrected chi connectivity index (χ1v) is 8.44. The summed E-state index contributed by atoms with van der Waals surface area (Å²) in [5, 5.41) is 3.31. The molecule has 5 nitrogen and oxygen atoms in total. The average molecular weight is 334 g/mol. The van der Waals surface area contributed by atoms with Crippen LogP contribution in [0.2, 0.25) is 0 Å². The van der Waals surface area contributed by atoms with Crippen molar-refractivity contribution in [2.75, 3.05) is 23.4 Å². The van der Waals surface area contributed by atoms with Crippen LogP contribution in [0.5, 0.6) is 5.75 Å². The van der Waals surface area contributed by atoms with Gasteiger partial charge in [0.1, 0.15) is 23.7 Å². The van der Waals surface area contributed by atoms with Crippen molar-refractivity contribution in [3.05, 3.63) is 67.0 Å². The maximum absolute atomic E-state index is 5.47. The second-order valence-electron chi connectivity index (χ2n) is 5.42. The van der Waals surface area contributed by atoms with E-state index >= 15 is 0 Å². The van der Waals surface area contributed by atoms with E-state index in [1.54, 1.807) is 6.33 Å². The molecule has 5 heteroatoms. The van der Waals surface area contributed by atoms with Crippen LogP contribution >= 0.6 is 0 Å². The van der Waals surface area contributed by atoms with Crippen molar-refractivity contribution in [1.29, 1.82) is 0 Å². The molecule has 2 aromatic carbocycles. The van der Waals surface area contributed by atoms with E-state index in [2.05, 4.69) is 39.2 Å². The molecule has 0 radical (unpaired) electrons. The molecule has 0 saturated carbocycles. The third-order valence-corrected chi connectivity index (χ3v) is 3.75. The Kier molecular flexibility index (Phi) is 5.46. The Balaban J connectivity index is 1.79. The Morgan fingerprint density at radius 2 is 1.72 bits per heavy atom. The summed E-state index contributed by atoms with van der Waals surface area (Å²) >= 11 is 0. The zero-order valence-corrected chi connectivity index (χ0v) is 14.5. The third kappa shape index (κ3) is 4.26. The van der Waals surface area contributed by atoms with Gasteiger partial charge in [0.15, 0.2) is 0 Å². The second kappa shape index (κ2) is 8.15. The van der Waals surface area contributed by atoms with E-state index in [1.807, 2.05) is 55.5 Å². The molecule has 1 heterocycles. The molecule has 0 unspecified atom stereocenters. The van der Waals surface area contributed by atoms with Gasteiger partial charge in [-0.25, -0.2) is 9.97 Å². The number of aromatic nitrogens is 2. The Labute approximate surface area is 148 Å². The van der Waals surface area contributed by atoms with Gasteiger partial charge in [-0.05, 0) is 50.2 Å². The fraction of sp³-hybridized carbons (Fsp3) is 0.200. The van der Waals surface area contributed by atoms with Crippen molar-refractivity contribution in [2.24, 2.45) is 0 Å². The SMILES string of the molecule is CCOc1ccc(Nc2cc(N(CC)c3ccccc3)ncn2)cc1. The van der Waals surface area contributed by atoms with Gasteiger partial charge in [0.25, 0.3) is 0 Å². The minimum Gasteiger partial charge on any atom is -0.494 e. The molecule has 0 fully saturated rings. The van der Waals surface area contributed by atoms with Gasteiger partial charge in [-0.3, -0.25) is 0 Å². The number of ether oxygens (including phenoxy) is 1. The fourth-order valence-corrected chi connectivity index (χ4v) is 2.60. The Morgan fingerprint density at radius 3 is 2.40 bits per heavy atom. The van der Waals surface area contributed by atoms with Crippen molar-refractivity contribution in [3.63, 3.8) is 0 Å². The highest BCUT2D eigenvalue weighted by Crippen LogP contribution is 2.25. The van der Waals surface area contributed by atoms with Crippen LogP contribution in [0.25, 0.3) is 0 Å². The number of nitrogens with one attached hydrogen (secondary N) is 1. The molecule has 0 atom stereocenters. The Hall–Kier alpha value is -3.08. The van der Waals surface area contributed by atoms with Gasteiger partial charge in [-0.15, -0.1) is 0 Å². The molecule has 25 heavy (non-hydrogen) atoms. The highest BCUT2D eigenvalue weighted by atomic mass is 16.5. The van der Waals surface area contributed by atoms with Gasteiger partial charge < -0.3 is 15.0 Å². The number of benzene rings is 2. The van der Waals surface area contributed by atoms with E-state index < -0.39 is 0 Å². The zero-order valence-electron chi connectivity index (χ0n) is 14.5. The molecule has 0 aliphatic carbocycles. The van der Waals surface area contributed by atoms with Crippen LogP contribution in [0.4, 0.5) is 23.0 Å². The zero-order chi connectivity index (χ0) is 17.5. The van der Waals surface area contributed by atoms with Crippen LogP contribution in [0.3, 0.4) is 0 Å². The van der Waals surface area contributed by atoms with E-state index in [1.165, 1.54) is 0 Å². The first-order valence-electron chi connectivity index (χ1n) is 8.44. The number of para-hydroxylation sites is 1. The molecule has 0 amide bonds. The molecular formula is C20H22N4O. The molecule has 0 spiro atoms. The standard InChI is InChI=1S/C20H22N4O/c1-3-24(17-8-6-5-7-9-17)20-14-19(21-15-22-20)23-16-10-12-18(13-11-16)25-4-2/h5-15H,3-4H2,1-2H3,(H,21,22,23). The summed E-state index contributed by atoms with van der Waals surface area (Å²) in [6.45, 7) is 5.56. The van der Waals surface area contributed by atoms with Gasteiger partial charge in [-0.2, -0.15) is 0 Å². The minimum atomic E-state index is 0.661. The van der Waals surface area contributed by atoms with Crippen LogP contribution in [0.1, 0.15) is 13.8 Å². The third-order valence-electron chi connectivity index (χ3n) is 3.75.